The highest BCUT2D eigenvalue weighted by molar-refractivity contribution is 7.12. The van der Waals surface area contributed by atoms with Crippen LogP contribution in [0.3, 0.4) is 0 Å². The smallest absolute Gasteiger partial charge is 0.268 e. The predicted molar refractivity (Wildman–Crippen MR) is 55.6 cm³/mol. The number of carbonyl (C=O) groups is 1. The highest BCUT2D eigenvalue weighted by atomic mass is 32.1. The van der Waals surface area contributed by atoms with Gasteiger partial charge in [-0.3, -0.25) is 10.1 Å². The molecular weight excluding hydrogens is 198 g/mol. The Morgan fingerprint density at radius 3 is 3.07 bits per heavy atom. The van der Waals surface area contributed by atoms with Gasteiger partial charge in [0.05, 0.1) is 4.88 Å². The zero-order chi connectivity index (χ0) is 9.97. The normalized spacial score (nSPS) is 10.1. The van der Waals surface area contributed by atoms with Crippen LogP contribution < -0.4 is 5.32 Å². The fraction of sp³-hybridized carbons (Fsp3) is 0.111. The van der Waals surface area contributed by atoms with Crippen molar-refractivity contribution in [2.24, 2.45) is 0 Å². The molecule has 2 heterocycles. The van der Waals surface area contributed by atoms with Crippen molar-refractivity contribution in [2.45, 2.75) is 6.92 Å². The minimum absolute atomic E-state index is 0.118. The van der Waals surface area contributed by atoms with Crippen LogP contribution in [0.5, 0.6) is 0 Å². The van der Waals surface area contributed by atoms with Gasteiger partial charge in [0, 0.05) is 12.4 Å². The third kappa shape index (κ3) is 1.67. The Morgan fingerprint density at radius 2 is 2.50 bits per heavy atom. The van der Waals surface area contributed by atoms with Gasteiger partial charge >= 0.3 is 0 Å². The molecule has 0 atom stereocenters. The Balaban J connectivity index is 2.14. The van der Waals surface area contributed by atoms with E-state index in [0.29, 0.717) is 5.95 Å². The van der Waals surface area contributed by atoms with Crippen LogP contribution in [0.2, 0.25) is 0 Å². The Bertz CT molecular complexity index is 433. The van der Waals surface area contributed by atoms with Crippen molar-refractivity contribution in [3.8, 4) is 0 Å². The molecule has 0 saturated heterocycles. The number of rotatable bonds is 2. The molecule has 0 unspecified atom stereocenters. The summed E-state index contributed by atoms with van der Waals surface area (Å²) in [5.41, 5.74) is 0.985. The molecule has 0 aromatic carbocycles. The van der Waals surface area contributed by atoms with Crippen LogP contribution in [0, 0.1) is 6.92 Å². The number of hydrogen-bond donors (Lipinski definition) is 2. The van der Waals surface area contributed by atoms with Crippen LogP contribution in [0.4, 0.5) is 5.95 Å². The standard InChI is InChI=1S/C9H9N3OS/c1-6-2-5-14-7(6)8(13)12-9-10-3-4-11-9/h2-5H,1H3,(H2,10,11,12,13). The Hall–Kier alpha value is -1.62. The van der Waals surface area contributed by atoms with Crippen molar-refractivity contribution in [3.05, 3.63) is 34.3 Å². The van der Waals surface area contributed by atoms with E-state index in [0.717, 1.165) is 10.4 Å². The van der Waals surface area contributed by atoms with E-state index < -0.39 is 0 Å². The highest BCUT2D eigenvalue weighted by Gasteiger charge is 2.10. The number of nitrogens with one attached hydrogen (secondary N) is 2. The number of thiophene rings is 1. The van der Waals surface area contributed by atoms with Gasteiger partial charge in [0.1, 0.15) is 0 Å². The van der Waals surface area contributed by atoms with Crippen molar-refractivity contribution in [2.75, 3.05) is 5.32 Å². The lowest BCUT2D eigenvalue weighted by Crippen LogP contribution is -2.12. The fourth-order valence-corrected chi connectivity index (χ4v) is 1.92. The van der Waals surface area contributed by atoms with Gasteiger partial charge in [-0.05, 0) is 23.9 Å². The largest absolute Gasteiger partial charge is 0.331 e. The second kappa shape index (κ2) is 3.63. The van der Waals surface area contributed by atoms with E-state index in [-0.39, 0.29) is 5.91 Å². The number of anilines is 1. The molecule has 14 heavy (non-hydrogen) atoms. The summed E-state index contributed by atoms with van der Waals surface area (Å²) >= 11 is 1.43. The second-order valence-corrected chi connectivity index (χ2v) is 3.74. The number of imidazole rings is 1. The zero-order valence-electron chi connectivity index (χ0n) is 7.57. The highest BCUT2D eigenvalue weighted by Crippen LogP contribution is 2.16. The van der Waals surface area contributed by atoms with Crippen LogP contribution >= 0.6 is 11.3 Å². The average Bonchev–Trinajstić information content (AvgIpc) is 2.75. The molecule has 0 spiro atoms. The summed E-state index contributed by atoms with van der Waals surface area (Å²) in [4.78, 5) is 19.1. The van der Waals surface area contributed by atoms with Crippen molar-refractivity contribution in [3.63, 3.8) is 0 Å². The minimum Gasteiger partial charge on any atom is -0.331 e. The van der Waals surface area contributed by atoms with Gasteiger partial charge < -0.3 is 4.98 Å². The van der Waals surface area contributed by atoms with E-state index in [2.05, 4.69) is 15.3 Å². The molecule has 4 nitrogen and oxygen atoms in total. The van der Waals surface area contributed by atoms with Gasteiger partial charge in [0.25, 0.3) is 5.91 Å². The number of nitrogens with zero attached hydrogens (tertiary/aromatic N) is 1. The van der Waals surface area contributed by atoms with E-state index in [4.69, 9.17) is 0 Å². The molecule has 5 heteroatoms. The van der Waals surface area contributed by atoms with Crippen LogP contribution in [-0.4, -0.2) is 15.9 Å². The van der Waals surface area contributed by atoms with Crippen molar-refractivity contribution in [1.82, 2.24) is 9.97 Å². The van der Waals surface area contributed by atoms with E-state index in [1.165, 1.54) is 11.3 Å². The summed E-state index contributed by atoms with van der Waals surface area (Å²) in [5.74, 6) is 0.357. The maximum Gasteiger partial charge on any atom is 0.268 e. The van der Waals surface area contributed by atoms with Crippen LogP contribution in [0.25, 0.3) is 0 Å². The molecule has 2 N–H and O–H groups in total. The first kappa shape index (κ1) is 8.96. The van der Waals surface area contributed by atoms with Crippen molar-refractivity contribution < 1.29 is 4.79 Å². The van der Waals surface area contributed by atoms with Crippen LogP contribution in [-0.2, 0) is 0 Å². The van der Waals surface area contributed by atoms with Gasteiger partial charge in [0.2, 0.25) is 5.95 Å². The molecule has 2 aromatic heterocycles. The number of carbonyl (C=O) groups excluding carboxylic acids is 1. The first-order valence-electron chi connectivity index (χ1n) is 4.12. The van der Waals surface area contributed by atoms with E-state index in [1.54, 1.807) is 12.4 Å². The molecule has 0 aliphatic rings. The minimum atomic E-state index is -0.118. The second-order valence-electron chi connectivity index (χ2n) is 2.82. The molecule has 0 aliphatic heterocycles. The molecule has 2 aromatic rings. The summed E-state index contributed by atoms with van der Waals surface area (Å²) in [7, 11) is 0. The number of aromatic amines is 1. The lowest BCUT2D eigenvalue weighted by Gasteiger charge is -1.99. The lowest BCUT2D eigenvalue weighted by atomic mass is 10.3. The topological polar surface area (TPSA) is 57.8 Å². The summed E-state index contributed by atoms with van der Waals surface area (Å²) in [6.45, 7) is 1.91. The summed E-state index contributed by atoms with van der Waals surface area (Å²) in [5, 5.41) is 4.57. The van der Waals surface area contributed by atoms with Crippen LogP contribution in [0.1, 0.15) is 15.2 Å². The third-order valence-corrected chi connectivity index (χ3v) is 2.81. The van der Waals surface area contributed by atoms with Crippen molar-refractivity contribution in [1.29, 1.82) is 0 Å². The summed E-state index contributed by atoms with van der Waals surface area (Å²) in [6.07, 6.45) is 3.26. The monoisotopic (exact) mass is 207 g/mol. The molecule has 1 amide bonds. The maximum atomic E-state index is 11.6. The zero-order valence-corrected chi connectivity index (χ0v) is 8.39. The molecule has 0 aliphatic carbocycles. The van der Waals surface area contributed by atoms with Gasteiger partial charge in [-0.25, -0.2) is 4.98 Å². The quantitative estimate of drug-likeness (QED) is 0.791. The first-order chi connectivity index (χ1) is 6.77. The van der Waals surface area contributed by atoms with Crippen molar-refractivity contribution >= 4 is 23.2 Å². The maximum absolute atomic E-state index is 11.6. The fourth-order valence-electron chi connectivity index (χ4n) is 1.10. The number of amides is 1. The van der Waals surface area contributed by atoms with E-state index in [9.17, 15) is 4.79 Å². The predicted octanol–water partition coefficient (Wildman–Crippen LogP) is 2.03. The molecule has 72 valence electrons. The molecule has 0 fully saturated rings. The average molecular weight is 207 g/mol. The van der Waals surface area contributed by atoms with Gasteiger partial charge in [-0.1, -0.05) is 0 Å². The Morgan fingerprint density at radius 1 is 1.64 bits per heavy atom. The Kier molecular flexibility index (Phi) is 2.32. The van der Waals surface area contributed by atoms with Gasteiger partial charge in [-0.2, -0.15) is 0 Å². The molecular formula is C9H9N3OS. The van der Waals surface area contributed by atoms with Crippen LogP contribution in [0.15, 0.2) is 23.8 Å². The molecule has 2 rings (SSSR count). The van der Waals surface area contributed by atoms with Gasteiger partial charge in [0.15, 0.2) is 0 Å². The molecule has 0 saturated carbocycles. The summed E-state index contributed by atoms with van der Waals surface area (Å²) < 4.78 is 0. The third-order valence-electron chi connectivity index (χ3n) is 1.80. The number of hydrogen-bond acceptors (Lipinski definition) is 3. The van der Waals surface area contributed by atoms with E-state index >= 15 is 0 Å². The number of aromatic nitrogens is 2. The lowest BCUT2D eigenvalue weighted by molar-refractivity contribution is 0.102. The molecule has 0 bridgehead atoms. The number of H-pyrrole nitrogens is 1. The first-order valence-corrected chi connectivity index (χ1v) is 5.00. The number of aryl methyl sites for hydroxylation is 1. The molecule has 0 radical (unpaired) electrons. The Labute approximate surface area is 85.0 Å². The summed E-state index contributed by atoms with van der Waals surface area (Å²) in [6, 6.07) is 1.92. The van der Waals surface area contributed by atoms with E-state index in [1.807, 2.05) is 18.4 Å². The SMILES string of the molecule is Cc1ccsc1C(=O)Nc1ncc[nH]1. The van der Waals surface area contributed by atoms with Gasteiger partial charge in [-0.15, -0.1) is 11.3 Å².